The van der Waals surface area contributed by atoms with Gasteiger partial charge in [0.15, 0.2) is 0 Å². The molecule has 0 radical (unpaired) electrons. The third-order valence-electron chi connectivity index (χ3n) is 2.11. The highest BCUT2D eigenvalue weighted by molar-refractivity contribution is 5.76. The summed E-state index contributed by atoms with van der Waals surface area (Å²) in [7, 11) is 1.66. The number of aliphatic imine (C=N–C) groups is 1. The van der Waals surface area contributed by atoms with Crippen molar-refractivity contribution in [2.75, 3.05) is 7.05 Å². The second-order valence-corrected chi connectivity index (χ2v) is 4.45. The van der Waals surface area contributed by atoms with Gasteiger partial charge in [-0.1, -0.05) is 27.7 Å². The van der Waals surface area contributed by atoms with E-state index in [1.807, 2.05) is 27.7 Å². The second-order valence-electron chi connectivity index (χ2n) is 4.45. The minimum absolute atomic E-state index is 0.0255. The lowest BCUT2D eigenvalue weighted by Crippen LogP contribution is -2.34. The van der Waals surface area contributed by atoms with Crippen molar-refractivity contribution in [3.8, 4) is 0 Å². The highest BCUT2D eigenvalue weighted by atomic mass is 16.4. The van der Waals surface area contributed by atoms with Gasteiger partial charge in [0.25, 0.3) is 0 Å². The molecule has 0 aromatic heterocycles. The normalized spacial score (nSPS) is 17.3. The average molecular weight is 185 g/mol. The monoisotopic (exact) mass is 185 g/mol. The van der Waals surface area contributed by atoms with Gasteiger partial charge >= 0.3 is 5.97 Å². The van der Waals surface area contributed by atoms with Crippen LogP contribution in [0.3, 0.4) is 0 Å². The standard InChI is InChI=1S/C10H19NO2/c1-7(6-11-5)8(9(12)13)10(2,3)4/h6-8H,1-5H3,(H,12,13)/b11-6+/t7-,8-/m0/s1. The maximum Gasteiger partial charge on any atom is 0.307 e. The van der Waals surface area contributed by atoms with Crippen molar-refractivity contribution < 1.29 is 9.90 Å². The molecule has 0 bridgehead atoms. The van der Waals surface area contributed by atoms with Crippen LogP contribution >= 0.6 is 0 Å². The lowest BCUT2D eigenvalue weighted by atomic mass is 9.74. The lowest BCUT2D eigenvalue weighted by Gasteiger charge is -2.30. The minimum atomic E-state index is -0.750. The Kier molecular flexibility index (Phi) is 4.11. The number of hydrogen-bond acceptors (Lipinski definition) is 2. The molecule has 3 heteroatoms. The molecule has 0 aromatic rings. The summed E-state index contributed by atoms with van der Waals surface area (Å²) in [5.74, 6) is -1.15. The topological polar surface area (TPSA) is 49.7 Å². The van der Waals surface area contributed by atoms with Crippen LogP contribution in [-0.2, 0) is 4.79 Å². The van der Waals surface area contributed by atoms with Crippen LogP contribution in [0.5, 0.6) is 0 Å². The van der Waals surface area contributed by atoms with Gasteiger partial charge in [0.2, 0.25) is 0 Å². The summed E-state index contributed by atoms with van der Waals surface area (Å²) in [6.45, 7) is 7.69. The molecule has 76 valence electrons. The van der Waals surface area contributed by atoms with Crippen molar-refractivity contribution in [3.05, 3.63) is 0 Å². The third kappa shape index (κ3) is 3.57. The Morgan fingerprint density at radius 2 is 1.92 bits per heavy atom. The Balaban J connectivity index is 4.72. The molecule has 2 atom stereocenters. The molecular formula is C10H19NO2. The molecule has 0 aliphatic carbocycles. The molecule has 0 aliphatic rings. The van der Waals surface area contributed by atoms with E-state index in [1.54, 1.807) is 13.3 Å². The van der Waals surface area contributed by atoms with Crippen LogP contribution in [0, 0.1) is 17.3 Å². The fraction of sp³-hybridized carbons (Fsp3) is 0.800. The SMILES string of the molecule is C/N=C/[C@H](C)[C@@H](C(=O)O)C(C)(C)C. The number of carboxylic acids is 1. The Bertz CT molecular complexity index is 203. The molecule has 0 aromatic carbocycles. The Hall–Kier alpha value is -0.860. The Labute approximate surface area is 79.9 Å². The van der Waals surface area contributed by atoms with E-state index in [1.165, 1.54) is 0 Å². The predicted octanol–water partition coefficient (Wildman–Crippen LogP) is 2.07. The van der Waals surface area contributed by atoms with Gasteiger partial charge < -0.3 is 10.1 Å². The second kappa shape index (κ2) is 4.40. The van der Waals surface area contributed by atoms with Crippen molar-refractivity contribution in [2.45, 2.75) is 27.7 Å². The Morgan fingerprint density at radius 1 is 1.46 bits per heavy atom. The van der Waals surface area contributed by atoms with Crippen molar-refractivity contribution in [1.82, 2.24) is 0 Å². The van der Waals surface area contributed by atoms with Crippen LogP contribution in [0.15, 0.2) is 4.99 Å². The van der Waals surface area contributed by atoms with E-state index >= 15 is 0 Å². The number of aliphatic carboxylic acids is 1. The zero-order valence-electron chi connectivity index (χ0n) is 9.03. The number of carboxylic acid groups (broad SMARTS) is 1. The van der Waals surface area contributed by atoms with Crippen molar-refractivity contribution in [3.63, 3.8) is 0 Å². The van der Waals surface area contributed by atoms with Crippen LogP contribution < -0.4 is 0 Å². The highest BCUT2D eigenvalue weighted by Crippen LogP contribution is 2.31. The summed E-state index contributed by atoms with van der Waals surface area (Å²) in [6.07, 6.45) is 1.70. The van der Waals surface area contributed by atoms with Gasteiger partial charge in [-0.3, -0.25) is 4.79 Å². The van der Waals surface area contributed by atoms with Gasteiger partial charge in [-0.25, -0.2) is 0 Å². The molecule has 0 unspecified atom stereocenters. The van der Waals surface area contributed by atoms with E-state index in [2.05, 4.69) is 4.99 Å². The molecule has 0 saturated carbocycles. The number of carbonyl (C=O) groups is 1. The minimum Gasteiger partial charge on any atom is -0.481 e. The summed E-state index contributed by atoms with van der Waals surface area (Å²) in [6, 6.07) is 0. The lowest BCUT2D eigenvalue weighted by molar-refractivity contribution is -0.146. The predicted molar refractivity (Wildman–Crippen MR) is 54.2 cm³/mol. The van der Waals surface area contributed by atoms with Gasteiger partial charge in [-0.05, 0) is 5.41 Å². The molecule has 1 N–H and O–H groups in total. The van der Waals surface area contributed by atoms with Gasteiger partial charge in [-0.2, -0.15) is 0 Å². The van der Waals surface area contributed by atoms with E-state index in [0.717, 1.165) is 0 Å². The van der Waals surface area contributed by atoms with Gasteiger partial charge in [0, 0.05) is 19.2 Å². The molecule has 0 rings (SSSR count). The van der Waals surface area contributed by atoms with Crippen LogP contribution in [0.1, 0.15) is 27.7 Å². The molecule has 0 saturated heterocycles. The molecule has 3 nitrogen and oxygen atoms in total. The summed E-state index contributed by atoms with van der Waals surface area (Å²) in [5, 5.41) is 9.04. The van der Waals surface area contributed by atoms with E-state index < -0.39 is 5.97 Å². The fourth-order valence-electron chi connectivity index (χ4n) is 1.71. The largest absolute Gasteiger partial charge is 0.481 e. The van der Waals surface area contributed by atoms with Crippen LogP contribution in [-0.4, -0.2) is 24.3 Å². The van der Waals surface area contributed by atoms with Gasteiger partial charge in [0.05, 0.1) is 5.92 Å². The molecule has 0 heterocycles. The smallest absolute Gasteiger partial charge is 0.307 e. The number of nitrogens with zero attached hydrogens (tertiary/aromatic N) is 1. The third-order valence-corrected chi connectivity index (χ3v) is 2.11. The average Bonchev–Trinajstić information content (AvgIpc) is 1.82. The highest BCUT2D eigenvalue weighted by Gasteiger charge is 2.34. The molecule has 0 amide bonds. The Morgan fingerprint density at radius 3 is 2.15 bits per heavy atom. The molecule has 0 aliphatic heterocycles. The van der Waals surface area contributed by atoms with Crippen LogP contribution in [0.4, 0.5) is 0 Å². The summed E-state index contributed by atoms with van der Waals surface area (Å²) in [5.41, 5.74) is -0.230. The van der Waals surface area contributed by atoms with Gasteiger partial charge in [-0.15, -0.1) is 0 Å². The van der Waals surface area contributed by atoms with Crippen LogP contribution in [0.25, 0.3) is 0 Å². The van der Waals surface area contributed by atoms with Crippen molar-refractivity contribution >= 4 is 12.2 Å². The van der Waals surface area contributed by atoms with E-state index in [9.17, 15) is 4.79 Å². The molecule has 0 spiro atoms. The quantitative estimate of drug-likeness (QED) is 0.684. The molecule has 0 fully saturated rings. The molecular weight excluding hydrogens is 166 g/mol. The number of hydrogen-bond donors (Lipinski definition) is 1. The first-order valence-electron chi connectivity index (χ1n) is 4.45. The van der Waals surface area contributed by atoms with E-state index in [4.69, 9.17) is 5.11 Å². The maximum absolute atomic E-state index is 11.0. The van der Waals surface area contributed by atoms with E-state index in [0.29, 0.717) is 0 Å². The van der Waals surface area contributed by atoms with Gasteiger partial charge in [0.1, 0.15) is 0 Å². The van der Waals surface area contributed by atoms with Crippen molar-refractivity contribution in [1.29, 1.82) is 0 Å². The number of rotatable bonds is 3. The van der Waals surface area contributed by atoms with Crippen molar-refractivity contribution in [2.24, 2.45) is 22.2 Å². The first-order valence-corrected chi connectivity index (χ1v) is 4.45. The summed E-state index contributed by atoms with van der Waals surface area (Å²) >= 11 is 0. The van der Waals surface area contributed by atoms with E-state index in [-0.39, 0.29) is 17.3 Å². The summed E-state index contributed by atoms with van der Waals surface area (Å²) < 4.78 is 0. The summed E-state index contributed by atoms with van der Waals surface area (Å²) in [4.78, 5) is 14.9. The first kappa shape index (κ1) is 12.1. The first-order chi connectivity index (χ1) is 5.80. The zero-order valence-corrected chi connectivity index (χ0v) is 9.03. The zero-order chi connectivity index (χ0) is 10.6. The van der Waals surface area contributed by atoms with Crippen LogP contribution in [0.2, 0.25) is 0 Å². The fourth-order valence-corrected chi connectivity index (χ4v) is 1.71. The maximum atomic E-state index is 11.0. The molecule has 13 heavy (non-hydrogen) atoms.